The van der Waals surface area contributed by atoms with Gasteiger partial charge in [0.2, 0.25) is 5.91 Å². The van der Waals surface area contributed by atoms with Crippen molar-refractivity contribution in [2.45, 2.75) is 13.0 Å². The Labute approximate surface area is 172 Å². The maximum atomic E-state index is 12.4. The monoisotopic (exact) mass is 398 g/mol. The molecule has 1 aromatic heterocycles. The SMILES string of the molecule is C[C@H](Nc1ccc(-c2nc3ccccc3s2)cc1)C(=O)Nc1ccc(C#N)cc1. The predicted molar refractivity (Wildman–Crippen MR) is 118 cm³/mol. The summed E-state index contributed by atoms with van der Waals surface area (Å²) in [6, 6.07) is 24.4. The quantitative estimate of drug-likeness (QED) is 0.480. The molecule has 6 heteroatoms. The lowest BCUT2D eigenvalue weighted by atomic mass is 10.2. The molecule has 0 saturated carbocycles. The van der Waals surface area contributed by atoms with Gasteiger partial charge in [0, 0.05) is 16.9 Å². The number of para-hydroxylation sites is 1. The number of fused-ring (bicyclic) bond motifs is 1. The van der Waals surface area contributed by atoms with Crippen LogP contribution in [0, 0.1) is 11.3 Å². The van der Waals surface area contributed by atoms with Crippen LogP contribution in [0.25, 0.3) is 20.8 Å². The van der Waals surface area contributed by atoms with Gasteiger partial charge in [-0.3, -0.25) is 4.79 Å². The van der Waals surface area contributed by atoms with Gasteiger partial charge in [-0.05, 0) is 67.6 Å². The zero-order valence-corrected chi connectivity index (χ0v) is 16.5. The number of anilines is 2. The highest BCUT2D eigenvalue weighted by Gasteiger charge is 2.13. The van der Waals surface area contributed by atoms with Crippen molar-refractivity contribution in [2.75, 3.05) is 10.6 Å². The molecule has 0 bridgehead atoms. The number of hydrogen-bond donors (Lipinski definition) is 2. The molecule has 5 nitrogen and oxygen atoms in total. The van der Waals surface area contributed by atoms with Crippen LogP contribution in [0.15, 0.2) is 72.8 Å². The van der Waals surface area contributed by atoms with E-state index in [1.807, 2.05) is 42.5 Å². The molecule has 0 unspecified atom stereocenters. The maximum absolute atomic E-state index is 12.4. The van der Waals surface area contributed by atoms with Gasteiger partial charge in [0.05, 0.1) is 21.8 Å². The summed E-state index contributed by atoms with van der Waals surface area (Å²) in [6.45, 7) is 1.81. The molecular formula is C23H18N4OS. The lowest BCUT2D eigenvalue weighted by molar-refractivity contribution is -0.116. The lowest BCUT2D eigenvalue weighted by Crippen LogP contribution is -2.31. The van der Waals surface area contributed by atoms with E-state index in [0.717, 1.165) is 26.5 Å². The van der Waals surface area contributed by atoms with Gasteiger partial charge in [-0.1, -0.05) is 12.1 Å². The van der Waals surface area contributed by atoms with Crippen LogP contribution in [0.3, 0.4) is 0 Å². The van der Waals surface area contributed by atoms with Gasteiger partial charge in [-0.15, -0.1) is 11.3 Å². The van der Waals surface area contributed by atoms with Gasteiger partial charge in [0.15, 0.2) is 0 Å². The highest BCUT2D eigenvalue weighted by Crippen LogP contribution is 2.30. The van der Waals surface area contributed by atoms with Crippen molar-refractivity contribution < 1.29 is 4.79 Å². The van der Waals surface area contributed by atoms with Crippen molar-refractivity contribution in [3.8, 4) is 16.6 Å². The van der Waals surface area contributed by atoms with Gasteiger partial charge in [-0.25, -0.2) is 4.98 Å². The first-order chi connectivity index (χ1) is 14.1. The molecule has 4 rings (SSSR count). The fourth-order valence-electron chi connectivity index (χ4n) is 2.90. The number of rotatable bonds is 5. The summed E-state index contributed by atoms with van der Waals surface area (Å²) in [4.78, 5) is 17.1. The number of nitrogens with one attached hydrogen (secondary N) is 2. The average Bonchev–Trinajstić information content (AvgIpc) is 3.19. The van der Waals surface area contributed by atoms with Crippen LogP contribution in [-0.2, 0) is 4.79 Å². The Morgan fingerprint density at radius 1 is 1.00 bits per heavy atom. The number of carbonyl (C=O) groups excluding carboxylic acids is 1. The van der Waals surface area contributed by atoms with Crippen LogP contribution in [0.2, 0.25) is 0 Å². The first-order valence-electron chi connectivity index (χ1n) is 9.16. The van der Waals surface area contributed by atoms with Crippen molar-refractivity contribution in [1.82, 2.24) is 4.98 Å². The number of hydrogen-bond acceptors (Lipinski definition) is 5. The Balaban J connectivity index is 1.41. The van der Waals surface area contributed by atoms with Crippen molar-refractivity contribution in [2.24, 2.45) is 0 Å². The van der Waals surface area contributed by atoms with E-state index >= 15 is 0 Å². The Morgan fingerprint density at radius 3 is 2.38 bits per heavy atom. The van der Waals surface area contributed by atoms with Gasteiger partial charge >= 0.3 is 0 Å². The van der Waals surface area contributed by atoms with Crippen molar-refractivity contribution >= 4 is 38.8 Å². The Bertz CT molecular complexity index is 1160. The van der Waals surface area contributed by atoms with Crippen LogP contribution < -0.4 is 10.6 Å². The Hall–Kier alpha value is -3.69. The van der Waals surface area contributed by atoms with Crippen LogP contribution in [0.1, 0.15) is 12.5 Å². The van der Waals surface area contributed by atoms with Crippen molar-refractivity contribution in [1.29, 1.82) is 5.26 Å². The highest BCUT2D eigenvalue weighted by atomic mass is 32.1. The minimum absolute atomic E-state index is 0.148. The molecule has 0 aliphatic carbocycles. The van der Waals surface area contributed by atoms with Crippen LogP contribution in [0.4, 0.5) is 11.4 Å². The van der Waals surface area contributed by atoms with Crippen molar-refractivity contribution in [3.05, 3.63) is 78.4 Å². The van der Waals surface area contributed by atoms with E-state index in [1.54, 1.807) is 42.5 Å². The molecule has 1 atom stereocenters. The zero-order chi connectivity index (χ0) is 20.2. The van der Waals surface area contributed by atoms with E-state index in [0.29, 0.717) is 11.3 Å². The molecule has 0 radical (unpaired) electrons. The first kappa shape index (κ1) is 18.7. The van der Waals surface area contributed by atoms with Crippen LogP contribution in [0.5, 0.6) is 0 Å². The molecule has 3 aromatic carbocycles. The summed E-state index contributed by atoms with van der Waals surface area (Å²) >= 11 is 1.66. The van der Waals surface area contributed by atoms with E-state index in [4.69, 9.17) is 5.26 Å². The lowest BCUT2D eigenvalue weighted by Gasteiger charge is -2.15. The maximum Gasteiger partial charge on any atom is 0.246 e. The Kier molecular flexibility index (Phi) is 5.23. The van der Waals surface area contributed by atoms with Crippen molar-refractivity contribution in [3.63, 3.8) is 0 Å². The summed E-state index contributed by atoms with van der Waals surface area (Å²) in [5.41, 5.74) is 4.13. The third kappa shape index (κ3) is 4.26. The molecule has 29 heavy (non-hydrogen) atoms. The third-order valence-corrected chi connectivity index (χ3v) is 5.57. The average molecular weight is 398 g/mol. The van der Waals surface area contributed by atoms with E-state index in [2.05, 4.69) is 27.8 Å². The third-order valence-electron chi connectivity index (χ3n) is 4.48. The second kappa shape index (κ2) is 8.13. The number of benzene rings is 3. The van der Waals surface area contributed by atoms with Gasteiger partial charge in [0.1, 0.15) is 11.0 Å². The van der Waals surface area contributed by atoms with E-state index in [9.17, 15) is 4.79 Å². The molecule has 0 saturated heterocycles. The molecule has 1 amide bonds. The summed E-state index contributed by atoms with van der Waals surface area (Å²) in [7, 11) is 0. The molecule has 0 aliphatic rings. The summed E-state index contributed by atoms with van der Waals surface area (Å²) in [6.07, 6.45) is 0. The van der Waals surface area contributed by atoms with Gasteiger partial charge in [-0.2, -0.15) is 5.26 Å². The normalized spacial score (nSPS) is 11.6. The summed E-state index contributed by atoms with van der Waals surface area (Å²) in [5, 5.41) is 15.9. The number of aromatic nitrogens is 1. The minimum atomic E-state index is -0.418. The van der Waals surface area contributed by atoms with Crippen LogP contribution in [-0.4, -0.2) is 16.9 Å². The number of nitrogens with zero attached hydrogens (tertiary/aromatic N) is 2. The predicted octanol–water partition coefficient (Wildman–Crippen LogP) is 5.27. The molecule has 0 spiro atoms. The standard InChI is InChI=1S/C23H18N4OS/c1-15(22(28)26-19-10-6-16(14-24)7-11-19)25-18-12-8-17(9-13-18)23-27-20-4-2-3-5-21(20)29-23/h2-13,15,25H,1H3,(H,26,28)/t15-/m0/s1. The smallest absolute Gasteiger partial charge is 0.246 e. The number of thiazole rings is 1. The fourth-order valence-corrected chi connectivity index (χ4v) is 3.87. The second-order valence-electron chi connectivity index (χ2n) is 6.61. The summed E-state index contributed by atoms with van der Waals surface area (Å²) < 4.78 is 1.16. The molecule has 0 aliphatic heterocycles. The van der Waals surface area contributed by atoms with E-state index < -0.39 is 6.04 Å². The molecule has 2 N–H and O–H groups in total. The molecule has 0 fully saturated rings. The van der Waals surface area contributed by atoms with Gasteiger partial charge < -0.3 is 10.6 Å². The summed E-state index contributed by atoms with van der Waals surface area (Å²) in [5.74, 6) is -0.148. The molecule has 1 heterocycles. The highest BCUT2D eigenvalue weighted by molar-refractivity contribution is 7.21. The number of carbonyl (C=O) groups is 1. The number of amides is 1. The van der Waals surface area contributed by atoms with E-state index in [1.165, 1.54) is 0 Å². The minimum Gasteiger partial charge on any atom is -0.374 e. The molecular weight excluding hydrogens is 380 g/mol. The number of nitriles is 1. The molecule has 4 aromatic rings. The van der Waals surface area contributed by atoms with Gasteiger partial charge in [0.25, 0.3) is 0 Å². The second-order valence-corrected chi connectivity index (χ2v) is 7.64. The van der Waals surface area contributed by atoms with E-state index in [-0.39, 0.29) is 5.91 Å². The first-order valence-corrected chi connectivity index (χ1v) is 9.97. The Morgan fingerprint density at radius 2 is 1.69 bits per heavy atom. The topological polar surface area (TPSA) is 77.8 Å². The molecule has 142 valence electrons. The fraction of sp³-hybridized carbons (Fsp3) is 0.0870. The zero-order valence-electron chi connectivity index (χ0n) is 15.7. The largest absolute Gasteiger partial charge is 0.374 e. The van der Waals surface area contributed by atoms with Crippen LogP contribution >= 0.6 is 11.3 Å².